The number of rotatable bonds is 6. The minimum absolute atomic E-state index is 0.387. The summed E-state index contributed by atoms with van der Waals surface area (Å²) >= 11 is 0. The number of nitrogens with one attached hydrogen (secondary N) is 1. The molecule has 102 valence electrons. The number of hydrogen-bond donors (Lipinski definition) is 1. The van der Waals surface area contributed by atoms with Gasteiger partial charge < -0.3 is 5.32 Å². The van der Waals surface area contributed by atoms with Crippen molar-refractivity contribution in [3.8, 4) is 0 Å². The maximum absolute atomic E-state index is 13.1. The van der Waals surface area contributed by atoms with E-state index in [4.69, 9.17) is 0 Å². The van der Waals surface area contributed by atoms with Gasteiger partial charge in [0.15, 0.2) is 0 Å². The molecule has 2 atom stereocenters. The molecule has 0 aliphatic heterocycles. The first kappa shape index (κ1) is 15.1. The molecular weight excluding hydrogens is 232 g/mol. The maximum atomic E-state index is 13.1. The second kappa shape index (κ2) is 6.83. The molecule has 0 amide bonds. The Bertz CT molecular complexity index is 357. The van der Waals surface area contributed by atoms with Gasteiger partial charge in [-0.1, -0.05) is 27.7 Å². The predicted molar refractivity (Wildman–Crippen MR) is 71.5 cm³/mol. The highest BCUT2D eigenvalue weighted by molar-refractivity contribution is 5.18. The van der Waals surface area contributed by atoms with Gasteiger partial charge in [0.2, 0.25) is 0 Å². The Hall–Kier alpha value is -0.960. The third kappa shape index (κ3) is 5.13. The molecule has 0 bridgehead atoms. The van der Waals surface area contributed by atoms with Crippen molar-refractivity contribution in [3.63, 3.8) is 0 Å². The predicted octanol–water partition coefficient (Wildman–Crippen LogP) is 3.78. The molecule has 1 rings (SSSR count). The molecule has 1 aromatic carbocycles. The van der Waals surface area contributed by atoms with Crippen molar-refractivity contribution in [2.24, 2.45) is 11.8 Å². The van der Waals surface area contributed by atoms with Crippen LogP contribution in [0.25, 0.3) is 0 Å². The van der Waals surface area contributed by atoms with E-state index in [0.717, 1.165) is 18.2 Å². The Morgan fingerprint density at radius 2 is 1.50 bits per heavy atom. The van der Waals surface area contributed by atoms with Crippen LogP contribution in [0, 0.1) is 23.5 Å². The topological polar surface area (TPSA) is 12.0 Å². The van der Waals surface area contributed by atoms with Gasteiger partial charge in [-0.15, -0.1) is 0 Å². The summed E-state index contributed by atoms with van der Waals surface area (Å²) in [6.07, 6.45) is 0.704. The smallest absolute Gasteiger partial charge is 0.126 e. The molecule has 1 N–H and O–H groups in total. The molecule has 0 radical (unpaired) electrons. The number of halogens is 2. The van der Waals surface area contributed by atoms with Crippen LogP contribution in [0.5, 0.6) is 0 Å². The molecular formula is C15H23F2N. The first-order chi connectivity index (χ1) is 8.38. The first-order valence-corrected chi connectivity index (χ1v) is 6.57. The Balaban J connectivity index is 2.55. The van der Waals surface area contributed by atoms with E-state index >= 15 is 0 Å². The molecule has 0 fully saturated rings. The zero-order valence-electron chi connectivity index (χ0n) is 11.6. The van der Waals surface area contributed by atoms with Crippen LogP contribution in [0.4, 0.5) is 8.78 Å². The van der Waals surface area contributed by atoms with Crippen LogP contribution < -0.4 is 5.32 Å². The highest BCUT2D eigenvalue weighted by atomic mass is 19.1. The fourth-order valence-electron chi connectivity index (χ4n) is 1.92. The zero-order chi connectivity index (χ0) is 13.7. The SMILES string of the molecule is CC(C)NCC(C)C(C)Cc1cc(F)cc(F)c1. The number of benzene rings is 1. The second-order valence-electron chi connectivity index (χ2n) is 5.50. The van der Waals surface area contributed by atoms with Crippen molar-refractivity contribution >= 4 is 0 Å². The number of hydrogen-bond acceptors (Lipinski definition) is 1. The van der Waals surface area contributed by atoms with E-state index in [-0.39, 0.29) is 0 Å². The monoisotopic (exact) mass is 255 g/mol. The van der Waals surface area contributed by atoms with Crippen molar-refractivity contribution in [3.05, 3.63) is 35.4 Å². The molecule has 2 unspecified atom stereocenters. The van der Waals surface area contributed by atoms with Crippen LogP contribution in [0.2, 0.25) is 0 Å². The van der Waals surface area contributed by atoms with Gasteiger partial charge >= 0.3 is 0 Å². The van der Waals surface area contributed by atoms with Gasteiger partial charge in [-0.3, -0.25) is 0 Å². The van der Waals surface area contributed by atoms with Crippen LogP contribution in [0.1, 0.15) is 33.3 Å². The largest absolute Gasteiger partial charge is 0.314 e. The molecule has 0 aromatic heterocycles. The average Bonchev–Trinajstić information content (AvgIpc) is 2.24. The summed E-state index contributed by atoms with van der Waals surface area (Å²) in [5.74, 6) is -0.133. The summed E-state index contributed by atoms with van der Waals surface area (Å²) in [4.78, 5) is 0. The maximum Gasteiger partial charge on any atom is 0.126 e. The Kier molecular flexibility index (Phi) is 5.73. The van der Waals surface area contributed by atoms with Gasteiger partial charge in [-0.2, -0.15) is 0 Å². The van der Waals surface area contributed by atoms with Gasteiger partial charge in [0.1, 0.15) is 11.6 Å². The fourth-order valence-corrected chi connectivity index (χ4v) is 1.92. The quantitative estimate of drug-likeness (QED) is 0.815. The van der Waals surface area contributed by atoms with Crippen molar-refractivity contribution in [1.29, 1.82) is 0 Å². The lowest BCUT2D eigenvalue weighted by Crippen LogP contribution is -2.31. The Morgan fingerprint density at radius 3 is 2.00 bits per heavy atom. The summed E-state index contributed by atoms with van der Waals surface area (Å²) in [5, 5.41) is 3.39. The van der Waals surface area contributed by atoms with E-state index in [1.54, 1.807) is 0 Å². The van der Waals surface area contributed by atoms with Crippen LogP contribution in [0.15, 0.2) is 18.2 Å². The lowest BCUT2D eigenvalue weighted by atomic mass is 9.89. The van der Waals surface area contributed by atoms with Gasteiger partial charge in [-0.25, -0.2) is 8.78 Å². The lowest BCUT2D eigenvalue weighted by molar-refractivity contribution is 0.353. The van der Waals surface area contributed by atoms with Gasteiger partial charge in [0.25, 0.3) is 0 Å². The summed E-state index contributed by atoms with van der Waals surface area (Å²) < 4.78 is 26.2. The molecule has 0 heterocycles. The van der Waals surface area contributed by atoms with Gasteiger partial charge in [0.05, 0.1) is 0 Å². The van der Waals surface area contributed by atoms with Crippen LogP contribution in [-0.4, -0.2) is 12.6 Å². The standard InChI is InChI=1S/C15H23F2N/c1-10(2)18-9-12(4)11(3)5-13-6-14(16)8-15(17)7-13/h6-8,10-12,18H,5,9H2,1-4H3. The van der Waals surface area contributed by atoms with Gasteiger partial charge in [-0.05, 0) is 42.5 Å². The van der Waals surface area contributed by atoms with Crippen molar-refractivity contribution in [2.45, 2.75) is 40.2 Å². The van der Waals surface area contributed by atoms with E-state index in [2.05, 4.69) is 33.0 Å². The Morgan fingerprint density at radius 1 is 0.944 bits per heavy atom. The molecule has 0 saturated heterocycles. The molecule has 0 aliphatic rings. The summed E-state index contributed by atoms with van der Waals surface area (Å²) in [5.41, 5.74) is 0.733. The summed E-state index contributed by atoms with van der Waals surface area (Å²) in [6, 6.07) is 4.22. The highest BCUT2D eigenvalue weighted by Crippen LogP contribution is 2.18. The van der Waals surface area contributed by atoms with Crippen LogP contribution in [0.3, 0.4) is 0 Å². The van der Waals surface area contributed by atoms with E-state index in [0.29, 0.717) is 24.3 Å². The van der Waals surface area contributed by atoms with Crippen LogP contribution >= 0.6 is 0 Å². The van der Waals surface area contributed by atoms with E-state index in [9.17, 15) is 8.78 Å². The molecule has 3 heteroatoms. The highest BCUT2D eigenvalue weighted by Gasteiger charge is 2.14. The zero-order valence-corrected chi connectivity index (χ0v) is 11.6. The third-order valence-corrected chi connectivity index (χ3v) is 3.30. The molecule has 1 nitrogen and oxygen atoms in total. The first-order valence-electron chi connectivity index (χ1n) is 6.57. The molecule has 0 aliphatic carbocycles. The minimum atomic E-state index is -0.495. The van der Waals surface area contributed by atoms with Crippen LogP contribution in [-0.2, 0) is 6.42 Å². The molecule has 1 aromatic rings. The van der Waals surface area contributed by atoms with Crippen molar-refractivity contribution in [2.75, 3.05) is 6.54 Å². The minimum Gasteiger partial charge on any atom is -0.314 e. The van der Waals surface area contributed by atoms with Gasteiger partial charge in [0, 0.05) is 12.1 Å². The molecule has 0 spiro atoms. The van der Waals surface area contributed by atoms with E-state index in [1.807, 2.05) is 0 Å². The van der Waals surface area contributed by atoms with E-state index < -0.39 is 11.6 Å². The second-order valence-corrected chi connectivity index (χ2v) is 5.50. The summed E-state index contributed by atoms with van der Waals surface area (Å²) in [6.45, 7) is 9.43. The molecule has 18 heavy (non-hydrogen) atoms. The third-order valence-electron chi connectivity index (χ3n) is 3.30. The average molecular weight is 255 g/mol. The van der Waals surface area contributed by atoms with Crippen molar-refractivity contribution < 1.29 is 8.78 Å². The van der Waals surface area contributed by atoms with Crippen molar-refractivity contribution in [1.82, 2.24) is 5.32 Å². The fraction of sp³-hybridized carbons (Fsp3) is 0.600. The Labute approximate surface area is 109 Å². The normalized spacial score (nSPS) is 14.8. The molecule has 0 saturated carbocycles. The van der Waals surface area contributed by atoms with E-state index in [1.165, 1.54) is 12.1 Å². The lowest BCUT2D eigenvalue weighted by Gasteiger charge is -2.21. The summed E-state index contributed by atoms with van der Waals surface area (Å²) in [7, 11) is 0.